The molecule has 1 N–H and O–H groups in total. The van der Waals surface area contributed by atoms with Crippen LogP contribution < -0.4 is 10.1 Å². The summed E-state index contributed by atoms with van der Waals surface area (Å²) in [5.74, 6) is -0.374. The SMILES string of the molecule is Cc1cc(OC(F)F)ccc1NC(=O)c1ccn(Cn2cc(Br)cn2)n1. The van der Waals surface area contributed by atoms with E-state index in [1.165, 1.54) is 18.2 Å². The lowest BCUT2D eigenvalue weighted by Crippen LogP contribution is -2.15. The number of carbonyl (C=O) groups excluding carboxylic acids is 1. The highest BCUT2D eigenvalue weighted by Crippen LogP contribution is 2.23. The number of aryl methyl sites for hydroxylation is 1. The van der Waals surface area contributed by atoms with Crippen LogP contribution in [0.3, 0.4) is 0 Å². The largest absolute Gasteiger partial charge is 0.435 e. The number of ether oxygens (including phenoxy) is 1. The van der Waals surface area contributed by atoms with Gasteiger partial charge in [-0.2, -0.15) is 19.0 Å². The molecular formula is C16H14BrF2N5O2. The number of nitrogens with one attached hydrogen (secondary N) is 1. The first-order valence-electron chi connectivity index (χ1n) is 7.49. The van der Waals surface area contributed by atoms with Crippen molar-refractivity contribution in [3.05, 3.63) is 58.6 Å². The molecule has 0 saturated heterocycles. The Morgan fingerprint density at radius 3 is 2.81 bits per heavy atom. The highest BCUT2D eigenvalue weighted by Gasteiger charge is 2.13. The predicted octanol–water partition coefficient (Wildman–Crippen LogP) is 3.51. The van der Waals surface area contributed by atoms with Crippen LogP contribution in [0.1, 0.15) is 16.1 Å². The van der Waals surface area contributed by atoms with Crippen LogP contribution in [0.4, 0.5) is 14.5 Å². The zero-order chi connectivity index (χ0) is 18.7. The highest BCUT2D eigenvalue weighted by molar-refractivity contribution is 9.10. The van der Waals surface area contributed by atoms with Gasteiger partial charge in [0, 0.05) is 18.1 Å². The predicted molar refractivity (Wildman–Crippen MR) is 93.3 cm³/mol. The molecule has 7 nitrogen and oxygen atoms in total. The Hall–Kier alpha value is -2.75. The van der Waals surface area contributed by atoms with E-state index in [4.69, 9.17) is 0 Å². The van der Waals surface area contributed by atoms with Crippen molar-refractivity contribution in [2.45, 2.75) is 20.2 Å². The van der Waals surface area contributed by atoms with Crippen molar-refractivity contribution in [3.63, 3.8) is 0 Å². The Balaban J connectivity index is 1.66. The molecule has 3 rings (SSSR count). The molecule has 10 heteroatoms. The van der Waals surface area contributed by atoms with Crippen molar-refractivity contribution in [2.75, 3.05) is 5.32 Å². The molecule has 1 aromatic carbocycles. The number of anilines is 1. The Morgan fingerprint density at radius 1 is 1.35 bits per heavy atom. The second kappa shape index (κ2) is 7.65. The summed E-state index contributed by atoms with van der Waals surface area (Å²) in [4.78, 5) is 12.3. The molecule has 0 bridgehead atoms. The molecule has 0 radical (unpaired) electrons. The van der Waals surface area contributed by atoms with E-state index in [-0.39, 0.29) is 11.4 Å². The summed E-state index contributed by atoms with van der Waals surface area (Å²) in [5.41, 5.74) is 1.31. The number of nitrogens with zero attached hydrogens (tertiary/aromatic N) is 4. The smallest absolute Gasteiger partial charge is 0.387 e. The Kier molecular flexibility index (Phi) is 5.31. The standard InChI is InChI=1S/C16H14BrF2N5O2/c1-10-6-12(26-16(18)19)2-3-13(10)21-15(25)14-4-5-23(22-14)9-24-8-11(17)7-20-24/h2-8,16H,9H2,1H3,(H,21,25). The highest BCUT2D eigenvalue weighted by atomic mass is 79.9. The quantitative estimate of drug-likeness (QED) is 0.655. The van der Waals surface area contributed by atoms with Crippen LogP contribution >= 0.6 is 15.9 Å². The summed E-state index contributed by atoms with van der Waals surface area (Å²) >= 11 is 3.31. The summed E-state index contributed by atoms with van der Waals surface area (Å²) in [7, 11) is 0. The second-order valence-electron chi connectivity index (χ2n) is 5.39. The van der Waals surface area contributed by atoms with Gasteiger partial charge in [-0.1, -0.05) is 0 Å². The van der Waals surface area contributed by atoms with Crippen LogP contribution in [0.2, 0.25) is 0 Å². The monoisotopic (exact) mass is 425 g/mol. The maximum absolute atomic E-state index is 12.3. The van der Waals surface area contributed by atoms with Crippen molar-refractivity contribution >= 4 is 27.5 Å². The molecule has 0 atom stereocenters. The van der Waals surface area contributed by atoms with E-state index in [2.05, 4.69) is 36.2 Å². The average molecular weight is 426 g/mol. The van der Waals surface area contributed by atoms with Gasteiger partial charge in [0.15, 0.2) is 5.69 Å². The molecule has 0 aliphatic rings. The van der Waals surface area contributed by atoms with Gasteiger partial charge in [-0.05, 0) is 52.7 Å². The van der Waals surface area contributed by atoms with Crippen LogP contribution in [0, 0.1) is 6.92 Å². The molecule has 2 aromatic heterocycles. The number of rotatable bonds is 6. The molecule has 26 heavy (non-hydrogen) atoms. The third-order valence-corrected chi connectivity index (χ3v) is 3.85. The van der Waals surface area contributed by atoms with E-state index < -0.39 is 12.5 Å². The third-order valence-electron chi connectivity index (χ3n) is 3.44. The number of amides is 1. The minimum Gasteiger partial charge on any atom is -0.435 e. The van der Waals surface area contributed by atoms with E-state index >= 15 is 0 Å². The molecule has 0 saturated carbocycles. The molecule has 0 unspecified atom stereocenters. The van der Waals surface area contributed by atoms with Crippen LogP contribution in [0.15, 0.2) is 47.3 Å². The van der Waals surface area contributed by atoms with E-state index in [0.717, 1.165) is 4.47 Å². The van der Waals surface area contributed by atoms with Gasteiger partial charge in [-0.3, -0.25) is 9.48 Å². The fraction of sp³-hybridized carbons (Fsp3) is 0.188. The van der Waals surface area contributed by atoms with Crippen LogP contribution in [0.25, 0.3) is 0 Å². The summed E-state index contributed by atoms with van der Waals surface area (Å²) in [6.45, 7) is -0.853. The summed E-state index contributed by atoms with van der Waals surface area (Å²) in [6, 6.07) is 5.87. The number of hydrogen-bond donors (Lipinski definition) is 1. The Bertz CT molecular complexity index is 925. The molecular weight excluding hydrogens is 412 g/mol. The fourth-order valence-corrected chi connectivity index (χ4v) is 2.59. The zero-order valence-electron chi connectivity index (χ0n) is 13.6. The Labute approximate surface area is 155 Å². The van der Waals surface area contributed by atoms with Gasteiger partial charge in [0.25, 0.3) is 5.91 Å². The van der Waals surface area contributed by atoms with Crippen molar-refractivity contribution in [1.29, 1.82) is 0 Å². The van der Waals surface area contributed by atoms with Crippen molar-refractivity contribution in [1.82, 2.24) is 19.6 Å². The van der Waals surface area contributed by atoms with Crippen molar-refractivity contribution in [3.8, 4) is 5.75 Å². The summed E-state index contributed by atoms with van der Waals surface area (Å²) in [6.07, 6.45) is 5.10. The fourth-order valence-electron chi connectivity index (χ4n) is 2.26. The van der Waals surface area contributed by atoms with Crippen molar-refractivity contribution in [2.24, 2.45) is 0 Å². The van der Waals surface area contributed by atoms with Gasteiger partial charge in [-0.15, -0.1) is 0 Å². The minimum atomic E-state index is -2.89. The lowest BCUT2D eigenvalue weighted by atomic mass is 10.2. The first kappa shape index (κ1) is 18.1. The first-order chi connectivity index (χ1) is 12.4. The topological polar surface area (TPSA) is 74.0 Å². The molecule has 0 aliphatic heterocycles. The number of hydrogen-bond acceptors (Lipinski definition) is 4. The van der Waals surface area contributed by atoms with Gasteiger partial charge < -0.3 is 10.1 Å². The second-order valence-corrected chi connectivity index (χ2v) is 6.30. The normalized spacial score (nSPS) is 11.0. The van der Waals surface area contributed by atoms with Crippen LogP contribution in [-0.4, -0.2) is 32.1 Å². The van der Waals surface area contributed by atoms with E-state index in [9.17, 15) is 13.6 Å². The molecule has 0 fully saturated rings. The zero-order valence-corrected chi connectivity index (χ0v) is 15.2. The van der Waals surface area contributed by atoms with E-state index in [1.54, 1.807) is 40.9 Å². The van der Waals surface area contributed by atoms with Crippen LogP contribution in [0.5, 0.6) is 5.75 Å². The average Bonchev–Trinajstić information content (AvgIpc) is 3.19. The molecule has 0 aliphatic carbocycles. The molecule has 2 heterocycles. The number of aromatic nitrogens is 4. The number of benzene rings is 1. The van der Waals surface area contributed by atoms with Gasteiger partial charge in [0.05, 0.1) is 10.7 Å². The molecule has 3 aromatic rings. The third kappa shape index (κ3) is 4.45. The van der Waals surface area contributed by atoms with Crippen molar-refractivity contribution < 1.29 is 18.3 Å². The number of alkyl halides is 2. The van der Waals surface area contributed by atoms with Gasteiger partial charge >= 0.3 is 6.61 Å². The van der Waals surface area contributed by atoms with E-state index in [0.29, 0.717) is 17.9 Å². The van der Waals surface area contributed by atoms with Gasteiger partial charge in [0.1, 0.15) is 12.4 Å². The van der Waals surface area contributed by atoms with Gasteiger partial charge in [0.2, 0.25) is 0 Å². The molecule has 0 spiro atoms. The maximum Gasteiger partial charge on any atom is 0.387 e. The minimum absolute atomic E-state index is 0.0326. The Morgan fingerprint density at radius 2 is 2.15 bits per heavy atom. The molecule has 1 amide bonds. The summed E-state index contributed by atoms with van der Waals surface area (Å²) in [5, 5.41) is 11.0. The lowest BCUT2D eigenvalue weighted by molar-refractivity contribution is -0.0498. The van der Waals surface area contributed by atoms with Crippen LogP contribution in [-0.2, 0) is 6.67 Å². The number of halogens is 3. The number of carbonyl (C=O) groups is 1. The maximum atomic E-state index is 12.3. The summed E-state index contributed by atoms with van der Waals surface area (Å²) < 4.78 is 32.9. The lowest BCUT2D eigenvalue weighted by Gasteiger charge is -2.10. The van der Waals surface area contributed by atoms with Gasteiger partial charge in [-0.25, -0.2) is 4.68 Å². The molecule has 136 valence electrons. The first-order valence-corrected chi connectivity index (χ1v) is 8.28. The van der Waals surface area contributed by atoms with E-state index in [1.807, 2.05) is 0 Å².